The first-order valence-electron chi connectivity index (χ1n) is 10.0. The zero-order chi connectivity index (χ0) is 20.6. The van der Waals surface area contributed by atoms with Crippen LogP contribution >= 0.6 is 0 Å². The van der Waals surface area contributed by atoms with Crippen LogP contribution in [0.2, 0.25) is 0 Å². The molecule has 0 aliphatic carbocycles. The number of nitrogens with one attached hydrogen (secondary N) is 1. The van der Waals surface area contributed by atoms with E-state index in [4.69, 9.17) is 14.3 Å². The fourth-order valence-electron chi connectivity index (χ4n) is 4.55. The van der Waals surface area contributed by atoms with Crippen molar-refractivity contribution in [1.82, 2.24) is 14.3 Å². The first-order valence-corrected chi connectivity index (χ1v) is 11.7. The van der Waals surface area contributed by atoms with Crippen LogP contribution in [-0.2, 0) is 9.92 Å². The molecule has 1 aromatic heterocycles. The molecule has 4 rings (SSSR count). The van der Waals surface area contributed by atoms with E-state index >= 15 is 0 Å². The molecule has 8 nitrogen and oxygen atoms in total. The molecule has 1 spiro atoms. The minimum absolute atomic E-state index is 0.166. The molecule has 9 heteroatoms. The van der Waals surface area contributed by atoms with Crippen molar-refractivity contribution in [3.63, 3.8) is 0 Å². The molecule has 1 atom stereocenters. The molecule has 3 heterocycles. The van der Waals surface area contributed by atoms with E-state index in [0.717, 1.165) is 62.2 Å². The van der Waals surface area contributed by atoms with Crippen molar-refractivity contribution in [2.45, 2.75) is 26.2 Å². The number of fused-ring (bicyclic) bond motifs is 1. The van der Waals surface area contributed by atoms with Crippen LogP contribution in [0.4, 0.5) is 5.82 Å². The van der Waals surface area contributed by atoms with Crippen molar-refractivity contribution in [3.8, 4) is 11.5 Å². The summed E-state index contributed by atoms with van der Waals surface area (Å²) in [6, 6.07) is 3.83. The maximum absolute atomic E-state index is 12.5. The number of hydrogen-bond donors (Lipinski definition) is 1. The Hall–Kier alpha value is -2.13. The van der Waals surface area contributed by atoms with Crippen molar-refractivity contribution >= 4 is 26.6 Å². The first kappa shape index (κ1) is 20.2. The molecule has 2 aliphatic heterocycles. The SMILES string of the molecule is CCS(=N)(=O)N1CCC2(CCN(c3ncnc4cc(OC)c(OC)cc34)CC2)C1. The van der Waals surface area contributed by atoms with Crippen molar-refractivity contribution in [2.24, 2.45) is 5.41 Å². The van der Waals surface area contributed by atoms with E-state index < -0.39 is 9.92 Å². The monoisotopic (exact) mass is 419 g/mol. The largest absolute Gasteiger partial charge is 0.493 e. The van der Waals surface area contributed by atoms with Crippen LogP contribution in [0.25, 0.3) is 10.9 Å². The molecule has 0 radical (unpaired) electrons. The smallest absolute Gasteiger partial charge is 0.162 e. The molecule has 1 aromatic carbocycles. The highest BCUT2D eigenvalue weighted by atomic mass is 32.2. The fourth-order valence-corrected chi connectivity index (χ4v) is 5.78. The number of methoxy groups -OCH3 is 2. The number of piperidine rings is 1. The van der Waals surface area contributed by atoms with E-state index in [1.807, 2.05) is 23.4 Å². The number of hydrogen-bond acceptors (Lipinski definition) is 7. The minimum atomic E-state index is -2.61. The molecule has 1 N–H and O–H groups in total. The summed E-state index contributed by atoms with van der Waals surface area (Å²) in [7, 11) is 0.640. The summed E-state index contributed by atoms with van der Waals surface area (Å²) in [5, 5.41) is 0.953. The number of aromatic nitrogens is 2. The lowest BCUT2D eigenvalue weighted by atomic mass is 9.78. The van der Waals surface area contributed by atoms with Gasteiger partial charge >= 0.3 is 0 Å². The summed E-state index contributed by atoms with van der Waals surface area (Å²) >= 11 is 0. The minimum Gasteiger partial charge on any atom is -0.493 e. The molecule has 2 saturated heterocycles. The Labute approximate surface area is 172 Å². The normalized spacial score (nSPS) is 21.4. The second-order valence-electron chi connectivity index (χ2n) is 7.95. The van der Waals surface area contributed by atoms with Crippen LogP contribution in [0.3, 0.4) is 0 Å². The van der Waals surface area contributed by atoms with Crippen molar-refractivity contribution in [3.05, 3.63) is 18.5 Å². The molecule has 2 aromatic rings. The van der Waals surface area contributed by atoms with Gasteiger partial charge in [0.2, 0.25) is 0 Å². The highest BCUT2D eigenvalue weighted by Crippen LogP contribution is 2.43. The third-order valence-corrected chi connectivity index (χ3v) is 8.38. The number of benzene rings is 1. The molecule has 1 unspecified atom stereocenters. The number of ether oxygens (including phenoxy) is 2. The Balaban J connectivity index is 1.56. The van der Waals surface area contributed by atoms with Gasteiger partial charge in [0.1, 0.15) is 22.1 Å². The number of nitrogens with zero attached hydrogens (tertiary/aromatic N) is 4. The van der Waals surface area contributed by atoms with Crippen LogP contribution < -0.4 is 14.4 Å². The highest BCUT2D eigenvalue weighted by molar-refractivity contribution is 7.90. The van der Waals surface area contributed by atoms with Gasteiger partial charge in [0.15, 0.2) is 11.5 Å². The summed E-state index contributed by atoms with van der Waals surface area (Å²) in [6.07, 6.45) is 4.65. The molecule has 2 aliphatic rings. The second-order valence-corrected chi connectivity index (χ2v) is 10.3. The van der Waals surface area contributed by atoms with Gasteiger partial charge in [-0.2, -0.15) is 0 Å². The van der Waals surface area contributed by atoms with E-state index in [-0.39, 0.29) is 5.41 Å². The summed E-state index contributed by atoms with van der Waals surface area (Å²) in [5.41, 5.74) is 0.996. The predicted molar refractivity (Wildman–Crippen MR) is 114 cm³/mol. The van der Waals surface area contributed by atoms with Gasteiger partial charge in [-0.3, -0.25) is 0 Å². The molecule has 0 bridgehead atoms. The molecule has 29 heavy (non-hydrogen) atoms. The van der Waals surface area contributed by atoms with Crippen LogP contribution in [0.15, 0.2) is 18.5 Å². The van der Waals surface area contributed by atoms with Gasteiger partial charge in [-0.05, 0) is 30.7 Å². The Bertz CT molecular complexity index is 1000. The van der Waals surface area contributed by atoms with E-state index in [9.17, 15) is 4.21 Å². The van der Waals surface area contributed by atoms with Crippen molar-refractivity contribution in [2.75, 3.05) is 51.1 Å². The third-order valence-electron chi connectivity index (χ3n) is 6.45. The Kier molecular flexibility index (Phi) is 5.29. The van der Waals surface area contributed by atoms with Crippen LogP contribution in [0.1, 0.15) is 26.2 Å². The zero-order valence-electron chi connectivity index (χ0n) is 17.3. The fraction of sp³-hybridized carbons (Fsp3) is 0.600. The molecule has 2 fully saturated rings. The lowest BCUT2D eigenvalue weighted by Crippen LogP contribution is -2.42. The van der Waals surface area contributed by atoms with E-state index in [2.05, 4.69) is 14.9 Å². The first-order chi connectivity index (χ1) is 13.9. The highest BCUT2D eigenvalue weighted by Gasteiger charge is 2.43. The predicted octanol–water partition coefficient (Wildman–Crippen LogP) is 2.92. The maximum Gasteiger partial charge on any atom is 0.162 e. The van der Waals surface area contributed by atoms with Crippen molar-refractivity contribution in [1.29, 1.82) is 4.78 Å². The topological polar surface area (TPSA) is 91.6 Å². The van der Waals surface area contributed by atoms with Crippen molar-refractivity contribution < 1.29 is 13.7 Å². The molecular weight excluding hydrogens is 390 g/mol. The molecule has 0 amide bonds. The molecular formula is C20H29N5O3S. The van der Waals surface area contributed by atoms with Gasteiger partial charge in [-0.1, -0.05) is 6.92 Å². The zero-order valence-corrected chi connectivity index (χ0v) is 18.1. The van der Waals surface area contributed by atoms with Gasteiger partial charge in [-0.15, -0.1) is 0 Å². The van der Waals surface area contributed by atoms with E-state index in [0.29, 0.717) is 17.3 Å². The summed E-state index contributed by atoms with van der Waals surface area (Å²) in [4.78, 5) is 11.3. The van der Waals surface area contributed by atoms with Crippen LogP contribution in [-0.4, -0.2) is 64.6 Å². The average molecular weight is 420 g/mol. The van der Waals surface area contributed by atoms with Crippen LogP contribution in [0.5, 0.6) is 11.5 Å². The molecule has 0 saturated carbocycles. The summed E-state index contributed by atoms with van der Waals surface area (Å²) < 4.78 is 33.4. The molecule has 158 valence electrons. The Morgan fingerprint density at radius 1 is 1.10 bits per heavy atom. The standard InChI is InChI=1S/C20H29N5O3S/c1-4-29(21,26)25-10-7-20(13-25)5-8-24(9-6-20)19-15-11-17(27-2)18(28-3)12-16(15)22-14-23-19/h11-12,14,21H,4-10,13H2,1-3H3. The van der Waals surface area contributed by atoms with Gasteiger partial charge in [-0.25, -0.2) is 23.3 Å². The van der Waals surface area contributed by atoms with E-state index in [1.54, 1.807) is 20.5 Å². The maximum atomic E-state index is 12.5. The average Bonchev–Trinajstić information content (AvgIpc) is 3.17. The van der Waals surface area contributed by atoms with Crippen LogP contribution in [0, 0.1) is 10.2 Å². The summed E-state index contributed by atoms with van der Waals surface area (Å²) in [5.74, 6) is 2.63. The van der Waals surface area contributed by atoms with Gasteiger partial charge < -0.3 is 14.4 Å². The third kappa shape index (κ3) is 3.61. The number of anilines is 1. The second kappa shape index (κ2) is 7.60. The quantitative estimate of drug-likeness (QED) is 0.801. The van der Waals surface area contributed by atoms with Gasteiger partial charge in [0.25, 0.3) is 0 Å². The summed E-state index contributed by atoms with van der Waals surface area (Å²) in [6.45, 7) is 5.15. The lowest BCUT2D eigenvalue weighted by molar-refractivity contribution is 0.235. The van der Waals surface area contributed by atoms with Gasteiger partial charge in [0.05, 0.1) is 19.7 Å². The number of rotatable bonds is 5. The van der Waals surface area contributed by atoms with E-state index in [1.165, 1.54) is 0 Å². The Morgan fingerprint density at radius 3 is 2.41 bits per heavy atom. The van der Waals surface area contributed by atoms with Gasteiger partial charge in [0, 0.05) is 43.4 Å². The Morgan fingerprint density at radius 2 is 1.76 bits per heavy atom. The lowest BCUT2D eigenvalue weighted by Gasteiger charge is -2.40.